The zero-order valence-corrected chi connectivity index (χ0v) is 13.8. The predicted octanol–water partition coefficient (Wildman–Crippen LogP) is 2.53. The monoisotopic (exact) mass is 312 g/mol. The highest BCUT2D eigenvalue weighted by atomic mass is 16.6. The molecule has 0 amide bonds. The second-order valence-corrected chi connectivity index (χ2v) is 6.22. The van der Waals surface area contributed by atoms with Crippen LogP contribution in [0.15, 0.2) is 30.3 Å². The van der Waals surface area contributed by atoms with Gasteiger partial charge in [-0.1, -0.05) is 24.3 Å². The normalized spacial score (nSPS) is 17.5. The van der Waals surface area contributed by atoms with Crippen LogP contribution in [0.5, 0.6) is 0 Å². The number of esters is 2. The van der Waals surface area contributed by atoms with E-state index in [1.807, 2.05) is 62.3 Å². The van der Waals surface area contributed by atoms with Crippen LogP contribution < -0.4 is 9.80 Å². The zero-order valence-electron chi connectivity index (χ0n) is 13.8. The molecule has 5 nitrogen and oxygen atoms in total. The van der Waals surface area contributed by atoms with Crippen molar-refractivity contribution in [3.8, 4) is 0 Å². The largest absolute Gasteiger partial charge is 0.393 e. The van der Waals surface area contributed by atoms with Crippen LogP contribution in [0, 0.1) is 0 Å². The molecule has 1 saturated heterocycles. The van der Waals surface area contributed by atoms with Gasteiger partial charge in [0.25, 0.3) is 0 Å². The number of ether oxygens (including phenoxy) is 1. The van der Waals surface area contributed by atoms with E-state index in [1.165, 1.54) is 0 Å². The molecule has 1 aliphatic heterocycles. The lowest BCUT2D eigenvalue weighted by Crippen LogP contribution is -2.21. The number of rotatable bonds is 3. The Bertz CT molecular complexity index is 796. The SMILES string of the molecule is CN(C)c1cc2ccccc2c(C2CC(=O)OC2=O)c1N(C)C. The molecule has 2 aromatic rings. The summed E-state index contributed by atoms with van der Waals surface area (Å²) in [6, 6.07) is 10.0. The fourth-order valence-corrected chi connectivity index (χ4v) is 3.21. The molecule has 0 N–H and O–H groups in total. The van der Waals surface area contributed by atoms with Gasteiger partial charge in [-0.2, -0.15) is 0 Å². The van der Waals surface area contributed by atoms with Crippen molar-refractivity contribution in [3.05, 3.63) is 35.9 Å². The summed E-state index contributed by atoms with van der Waals surface area (Å²) in [6.45, 7) is 0. The molecular weight excluding hydrogens is 292 g/mol. The molecule has 3 rings (SSSR count). The van der Waals surface area contributed by atoms with Crippen LogP contribution in [0.2, 0.25) is 0 Å². The summed E-state index contributed by atoms with van der Waals surface area (Å²) < 4.78 is 4.80. The van der Waals surface area contributed by atoms with Crippen molar-refractivity contribution >= 4 is 34.1 Å². The Kier molecular flexibility index (Phi) is 3.72. The minimum atomic E-state index is -0.551. The van der Waals surface area contributed by atoms with Gasteiger partial charge in [-0.25, -0.2) is 0 Å². The van der Waals surface area contributed by atoms with Crippen molar-refractivity contribution in [1.82, 2.24) is 0 Å². The average Bonchev–Trinajstić information content (AvgIpc) is 2.83. The number of anilines is 2. The highest BCUT2D eigenvalue weighted by Crippen LogP contribution is 2.44. The highest BCUT2D eigenvalue weighted by molar-refractivity contribution is 6.05. The molecule has 5 heteroatoms. The van der Waals surface area contributed by atoms with E-state index in [9.17, 15) is 9.59 Å². The molecule has 1 unspecified atom stereocenters. The Morgan fingerprint density at radius 2 is 1.74 bits per heavy atom. The van der Waals surface area contributed by atoms with E-state index in [-0.39, 0.29) is 6.42 Å². The number of cyclic esters (lactones) is 2. The summed E-state index contributed by atoms with van der Waals surface area (Å²) in [4.78, 5) is 27.8. The van der Waals surface area contributed by atoms with Crippen molar-refractivity contribution in [2.75, 3.05) is 38.0 Å². The summed E-state index contributed by atoms with van der Waals surface area (Å²) in [6.07, 6.45) is 0.0978. The average molecular weight is 312 g/mol. The number of hydrogen-bond acceptors (Lipinski definition) is 5. The summed E-state index contributed by atoms with van der Waals surface area (Å²) in [5.74, 6) is -1.46. The fraction of sp³-hybridized carbons (Fsp3) is 0.333. The quantitative estimate of drug-likeness (QED) is 0.644. The first-order valence-electron chi connectivity index (χ1n) is 7.55. The topological polar surface area (TPSA) is 49.9 Å². The molecule has 0 aliphatic carbocycles. The molecule has 0 spiro atoms. The van der Waals surface area contributed by atoms with Gasteiger partial charge in [0.15, 0.2) is 0 Å². The summed E-state index contributed by atoms with van der Waals surface area (Å²) in [5.41, 5.74) is 2.83. The number of hydrogen-bond donors (Lipinski definition) is 0. The van der Waals surface area contributed by atoms with Crippen molar-refractivity contribution in [2.24, 2.45) is 0 Å². The van der Waals surface area contributed by atoms with Gasteiger partial charge < -0.3 is 14.5 Å². The van der Waals surface area contributed by atoms with Crippen LogP contribution in [0.25, 0.3) is 10.8 Å². The number of benzene rings is 2. The van der Waals surface area contributed by atoms with Gasteiger partial charge in [-0.15, -0.1) is 0 Å². The van der Waals surface area contributed by atoms with E-state index >= 15 is 0 Å². The van der Waals surface area contributed by atoms with E-state index in [2.05, 4.69) is 6.07 Å². The summed E-state index contributed by atoms with van der Waals surface area (Å²) >= 11 is 0. The maximum absolute atomic E-state index is 12.2. The van der Waals surface area contributed by atoms with Crippen molar-refractivity contribution in [3.63, 3.8) is 0 Å². The molecule has 1 aliphatic rings. The van der Waals surface area contributed by atoms with Crippen LogP contribution in [-0.2, 0) is 14.3 Å². The fourth-order valence-electron chi connectivity index (χ4n) is 3.21. The van der Waals surface area contributed by atoms with E-state index in [4.69, 9.17) is 4.74 Å². The molecule has 23 heavy (non-hydrogen) atoms. The minimum absolute atomic E-state index is 0.0978. The Labute approximate surface area is 135 Å². The van der Waals surface area contributed by atoms with Crippen molar-refractivity contribution in [2.45, 2.75) is 12.3 Å². The first-order valence-corrected chi connectivity index (χ1v) is 7.55. The van der Waals surface area contributed by atoms with Crippen molar-refractivity contribution in [1.29, 1.82) is 0 Å². The van der Waals surface area contributed by atoms with Gasteiger partial charge in [-0.05, 0) is 16.8 Å². The van der Waals surface area contributed by atoms with E-state index in [0.29, 0.717) is 0 Å². The van der Waals surface area contributed by atoms with Crippen molar-refractivity contribution < 1.29 is 14.3 Å². The minimum Gasteiger partial charge on any atom is -0.393 e. The smallest absolute Gasteiger partial charge is 0.321 e. The molecule has 1 fully saturated rings. The summed E-state index contributed by atoms with van der Waals surface area (Å²) in [7, 11) is 7.84. The van der Waals surface area contributed by atoms with E-state index in [0.717, 1.165) is 27.7 Å². The molecule has 0 bridgehead atoms. The second-order valence-electron chi connectivity index (χ2n) is 6.22. The highest BCUT2D eigenvalue weighted by Gasteiger charge is 2.38. The van der Waals surface area contributed by atoms with Crippen LogP contribution in [-0.4, -0.2) is 40.1 Å². The maximum atomic E-state index is 12.2. The lowest BCUT2D eigenvalue weighted by atomic mass is 9.89. The first kappa shape index (κ1) is 15.3. The molecular formula is C18H20N2O3. The molecule has 1 atom stereocenters. The van der Waals surface area contributed by atoms with Gasteiger partial charge in [0.2, 0.25) is 0 Å². The van der Waals surface area contributed by atoms with Gasteiger partial charge in [0.05, 0.1) is 23.7 Å². The van der Waals surface area contributed by atoms with Crippen LogP contribution in [0.1, 0.15) is 17.9 Å². The Hall–Kier alpha value is -2.56. The van der Waals surface area contributed by atoms with E-state index in [1.54, 1.807) is 0 Å². The molecule has 0 radical (unpaired) electrons. The van der Waals surface area contributed by atoms with Gasteiger partial charge >= 0.3 is 11.9 Å². The standard InChI is InChI=1S/C18H20N2O3/c1-19(2)14-9-11-7-5-6-8-12(11)16(17(14)20(3)4)13-10-15(21)23-18(13)22/h5-9,13H,10H2,1-4H3. The summed E-state index contributed by atoms with van der Waals surface area (Å²) in [5, 5.41) is 2.03. The van der Waals surface area contributed by atoms with Crippen LogP contribution in [0.4, 0.5) is 11.4 Å². The Morgan fingerprint density at radius 1 is 1.04 bits per heavy atom. The number of carbonyl (C=O) groups excluding carboxylic acids is 2. The predicted molar refractivity (Wildman–Crippen MR) is 91.1 cm³/mol. The third-order valence-corrected chi connectivity index (χ3v) is 4.19. The lowest BCUT2D eigenvalue weighted by Gasteiger charge is -2.28. The lowest BCUT2D eigenvalue weighted by molar-refractivity contribution is -0.152. The number of nitrogens with zero attached hydrogens (tertiary/aromatic N) is 2. The number of carbonyl (C=O) groups is 2. The first-order chi connectivity index (χ1) is 10.9. The molecule has 1 heterocycles. The molecule has 0 saturated carbocycles. The maximum Gasteiger partial charge on any atom is 0.321 e. The molecule has 2 aromatic carbocycles. The van der Waals surface area contributed by atoms with Crippen LogP contribution >= 0.6 is 0 Å². The van der Waals surface area contributed by atoms with Crippen LogP contribution in [0.3, 0.4) is 0 Å². The van der Waals surface area contributed by atoms with Gasteiger partial charge in [-0.3, -0.25) is 9.59 Å². The third-order valence-electron chi connectivity index (χ3n) is 4.19. The van der Waals surface area contributed by atoms with Gasteiger partial charge in [0.1, 0.15) is 0 Å². The Morgan fingerprint density at radius 3 is 2.30 bits per heavy atom. The zero-order chi connectivity index (χ0) is 16.7. The Balaban J connectivity index is 2.38. The molecule has 0 aromatic heterocycles. The number of fused-ring (bicyclic) bond motifs is 1. The van der Waals surface area contributed by atoms with Gasteiger partial charge in [0, 0.05) is 33.8 Å². The third kappa shape index (κ3) is 2.52. The van der Waals surface area contributed by atoms with E-state index < -0.39 is 17.9 Å². The molecule has 120 valence electrons. The second kappa shape index (κ2) is 5.57.